The van der Waals surface area contributed by atoms with Crippen molar-refractivity contribution in [1.82, 2.24) is 5.48 Å². The molecule has 0 radical (unpaired) electrons. The second-order valence-electron chi connectivity index (χ2n) is 6.67. The molecule has 3 atom stereocenters. The number of hydroxylamine groups is 1. The van der Waals surface area contributed by atoms with Gasteiger partial charge in [-0.05, 0) is 25.7 Å². The van der Waals surface area contributed by atoms with Crippen LogP contribution in [0.15, 0.2) is 0 Å². The van der Waals surface area contributed by atoms with Crippen LogP contribution < -0.4 is 5.48 Å². The average Bonchev–Trinajstić information content (AvgIpc) is 2.85. The van der Waals surface area contributed by atoms with E-state index < -0.39 is 11.6 Å². The minimum absolute atomic E-state index is 0.0457. The average molecular weight is 281 g/mol. The Morgan fingerprint density at radius 1 is 1.05 bits per heavy atom. The summed E-state index contributed by atoms with van der Waals surface area (Å²) >= 11 is 0. The third-order valence-electron chi connectivity index (χ3n) is 5.42. The lowest BCUT2D eigenvalue weighted by Crippen LogP contribution is -2.61. The minimum atomic E-state index is -1.08. The lowest BCUT2D eigenvalue weighted by molar-refractivity contribution is -0.379. The van der Waals surface area contributed by atoms with Gasteiger partial charge >= 0.3 is 0 Å². The summed E-state index contributed by atoms with van der Waals surface area (Å²) in [5.41, 5.74) is 3.07. The van der Waals surface area contributed by atoms with Gasteiger partial charge in [0, 0.05) is 24.8 Å². The van der Waals surface area contributed by atoms with Crippen LogP contribution in [0.2, 0.25) is 0 Å². The van der Waals surface area contributed by atoms with E-state index in [4.69, 9.17) is 14.3 Å². The van der Waals surface area contributed by atoms with Crippen molar-refractivity contribution in [2.75, 3.05) is 6.61 Å². The molecule has 112 valence electrons. The Balaban J connectivity index is 1.63. The van der Waals surface area contributed by atoms with E-state index in [1.54, 1.807) is 0 Å². The zero-order valence-corrected chi connectivity index (χ0v) is 11.9. The summed E-state index contributed by atoms with van der Waals surface area (Å²) in [6.45, 7) is 0.130. The van der Waals surface area contributed by atoms with Gasteiger partial charge in [-0.1, -0.05) is 19.3 Å². The van der Waals surface area contributed by atoms with Crippen LogP contribution in [-0.4, -0.2) is 30.0 Å². The van der Waals surface area contributed by atoms with Gasteiger partial charge in [0.15, 0.2) is 5.79 Å². The van der Waals surface area contributed by atoms with Crippen LogP contribution in [0.25, 0.3) is 0 Å². The van der Waals surface area contributed by atoms with Gasteiger partial charge in [0.05, 0.1) is 0 Å². The molecule has 0 aromatic heterocycles. The summed E-state index contributed by atoms with van der Waals surface area (Å²) in [4.78, 5) is 18.3. The Morgan fingerprint density at radius 2 is 1.85 bits per heavy atom. The monoisotopic (exact) mass is 281 g/mol. The number of rotatable bonds is 0. The molecule has 20 heavy (non-hydrogen) atoms. The first kappa shape index (κ1) is 13.2. The molecule has 1 N–H and O–H groups in total. The topological polar surface area (TPSA) is 56.8 Å². The number of ketones is 1. The van der Waals surface area contributed by atoms with Gasteiger partial charge < -0.3 is 9.47 Å². The molecule has 5 heteroatoms. The Kier molecular flexibility index (Phi) is 3.14. The molecule has 2 aliphatic carbocycles. The van der Waals surface area contributed by atoms with Crippen molar-refractivity contribution < 1.29 is 19.1 Å². The Bertz CT molecular complexity index is 407. The van der Waals surface area contributed by atoms with Crippen LogP contribution in [0.3, 0.4) is 0 Å². The van der Waals surface area contributed by atoms with Crippen molar-refractivity contribution in [3.63, 3.8) is 0 Å². The fourth-order valence-corrected chi connectivity index (χ4v) is 4.32. The van der Waals surface area contributed by atoms with Gasteiger partial charge in [-0.15, -0.1) is 0 Å². The van der Waals surface area contributed by atoms with Gasteiger partial charge in [0.2, 0.25) is 5.78 Å². The molecule has 2 saturated heterocycles. The smallest absolute Gasteiger partial charge is 0.255 e. The fourth-order valence-electron chi connectivity index (χ4n) is 4.32. The van der Waals surface area contributed by atoms with E-state index >= 15 is 0 Å². The number of fused-ring (bicyclic) bond motifs is 2. The number of carbonyl (C=O) groups excluding carboxylic acids is 1. The van der Waals surface area contributed by atoms with Gasteiger partial charge in [0.1, 0.15) is 6.61 Å². The second-order valence-corrected chi connectivity index (χ2v) is 6.67. The van der Waals surface area contributed by atoms with Gasteiger partial charge in [-0.25, -0.2) is 0 Å². The molecule has 2 spiro atoms. The van der Waals surface area contributed by atoms with Crippen LogP contribution in [0, 0.1) is 5.92 Å². The van der Waals surface area contributed by atoms with E-state index in [1.807, 2.05) is 0 Å². The molecule has 4 fully saturated rings. The van der Waals surface area contributed by atoms with Gasteiger partial charge in [-0.2, -0.15) is 5.48 Å². The van der Waals surface area contributed by atoms with Crippen LogP contribution in [0.1, 0.15) is 57.8 Å². The quantitative estimate of drug-likeness (QED) is 0.736. The zero-order chi connectivity index (χ0) is 13.6. The summed E-state index contributed by atoms with van der Waals surface area (Å²) in [5.74, 6) is -1.57. The Labute approximate surface area is 119 Å². The lowest BCUT2D eigenvalue weighted by atomic mass is 9.78. The van der Waals surface area contributed by atoms with Crippen molar-refractivity contribution in [3.8, 4) is 0 Å². The molecular formula is C15H23NO4. The number of nitrogens with one attached hydrogen (secondary N) is 1. The highest BCUT2D eigenvalue weighted by molar-refractivity contribution is 5.88. The van der Waals surface area contributed by atoms with E-state index in [2.05, 4.69) is 5.48 Å². The molecule has 0 bridgehead atoms. The van der Waals surface area contributed by atoms with Crippen LogP contribution in [0.5, 0.6) is 0 Å². The maximum Gasteiger partial charge on any atom is 0.255 e. The molecule has 3 unspecified atom stereocenters. The first-order valence-electron chi connectivity index (χ1n) is 8.05. The third-order valence-corrected chi connectivity index (χ3v) is 5.42. The molecule has 4 aliphatic rings. The molecule has 0 aromatic carbocycles. The summed E-state index contributed by atoms with van der Waals surface area (Å²) in [6.07, 6.45) is 9.60. The van der Waals surface area contributed by atoms with Gasteiger partial charge in [0.25, 0.3) is 5.79 Å². The van der Waals surface area contributed by atoms with E-state index in [0.717, 1.165) is 44.9 Å². The standard InChI is InChI=1S/C15H23NO4/c17-13-10-18-14(8-4-1-5-9-14)19-15(13)11-6-2-3-7-12(11)16-20-15/h11-12,16H,1-10H2. The summed E-state index contributed by atoms with van der Waals surface area (Å²) < 4.78 is 12.1. The number of hydrogen-bond acceptors (Lipinski definition) is 5. The number of carbonyl (C=O) groups is 1. The predicted molar refractivity (Wildman–Crippen MR) is 70.6 cm³/mol. The molecule has 2 saturated carbocycles. The Hall–Kier alpha value is -0.490. The molecule has 0 amide bonds. The normalized spacial score (nSPS) is 43.9. The van der Waals surface area contributed by atoms with Crippen molar-refractivity contribution >= 4 is 5.78 Å². The van der Waals surface area contributed by atoms with Crippen LogP contribution >= 0.6 is 0 Å². The van der Waals surface area contributed by atoms with Crippen molar-refractivity contribution in [3.05, 3.63) is 0 Å². The predicted octanol–water partition coefficient (Wildman–Crippen LogP) is 2.05. The summed E-state index contributed by atoms with van der Waals surface area (Å²) in [6, 6.07) is 0.256. The third kappa shape index (κ3) is 1.87. The molecule has 0 aromatic rings. The second kappa shape index (κ2) is 4.77. The van der Waals surface area contributed by atoms with E-state index in [-0.39, 0.29) is 24.3 Å². The molecule has 2 aliphatic heterocycles. The van der Waals surface area contributed by atoms with Crippen molar-refractivity contribution in [1.29, 1.82) is 0 Å². The highest BCUT2D eigenvalue weighted by Crippen LogP contribution is 2.48. The van der Waals surface area contributed by atoms with Crippen molar-refractivity contribution in [2.24, 2.45) is 5.92 Å². The zero-order valence-electron chi connectivity index (χ0n) is 11.9. The fraction of sp³-hybridized carbons (Fsp3) is 0.933. The van der Waals surface area contributed by atoms with Crippen LogP contribution in [-0.2, 0) is 19.1 Å². The molecular weight excluding hydrogens is 258 g/mol. The highest BCUT2D eigenvalue weighted by atomic mass is 16.9. The maximum absolute atomic E-state index is 12.5. The molecule has 2 heterocycles. The first-order valence-corrected chi connectivity index (χ1v) is 8.05. The lowest BCUT2D eigenvalue weighted by Gasteiger charge is -2.48. The number of hydrogen-bond donors (Lipinski definition) is 1. The van der Waals surface area contributed by atoms with Crippen LogP contribution in [0.4, 0.5) is 0 Å². The summed E-state index contributed by atoms with van der Waals surface area (Å²) in [5, 5.41) is 0. The molecule has 5 nitrogen and oxygen atoms in total. The summed E-state index contributed by atoms with van der Waals surface area (Å²) in [7, 11) is 0. The SMILES string of the molecule is O=C1COC2(CCCCC2)OC12ONC1CCCCC12. The first-order chi connectivity index (χ1) is 9.74. The van der Waals surface area contributed by atoms with E-state index in [9.17, 15) is 4.79 Å². The number of ether oxygens (including phenoxy) is 2. The van der Waals surface area contributed by atoms with E-state index in [0.29, 0.717) is 0 Å². The minimum Gasteiger partial charge on any atom is -0.342 e. The van der Waals surface area contributed by atoms with Gasteiger partial charge in [-0.3, -0.25) is 9.63 Å². The van der Waals surface area contributed by atoms with Crippen molar-refractivity contribution in [2.45, 2.75) is 75.4 Å². The largest absolute Gasteiger partial charge is 0.342 e. The Morgan fingerprint density at radius 3 is 2.70 bits per heavy atom. The molecule has 4 rings (SSSR count). The maximum atomic E-state index is 12.5. The number of Topliss-reactive ketones (excluding diaryl/α,β-unsaturated/α-hetero) is 1. The highest BCUT2D eigenvalue weighted by Gasteiger charge is 2.63. The van der Waals surface area contributed by atoms with E-state index in [1.165, 1.54) is 12.8 Å².